The van der Waals surface area contributed by atoms with Crippen LogP contribution in [-0.4, -0.2) is 3.81 Å². The second-order valence-corrected chi connectivity index (χ2v) is 12.4. The van der Waals surface area contributed by atoms with Crippen LogP contribution in [0.25, 0.3) is 43.8 Å². The third kappa shape index (κ3) is 9.25. The molecule has 236 valence electrons. The average molecular weight is 696 g/mol. The molecule has 0 aliphatic heterocycles. The molecule has 0 atom stereocenters. The van der Waals surface area contributed by atoms with Crippen molar-refractivity contribution in [3.63, 3.8) is 0 Å². The number of rotatable bonds is 4. The fourth-order valence-electron chi connectivity index (χ4n) is 5.59. The van der Waals surface area contributed by atoms with Crippen molar-refractivity contribution in [3.05, 3.63) is 198 Å². The van der Waals surface area contributed by atoms with Gasteiger partial charge in [-0.2, -0.15) is 6.08 Å². The van der Waals surface area contributed by atoms with Crippen LogP contribution >= 0.6 is 0 Å². The van der Waals surface area contributed by atoms with E-state index >= 15 is 0 Å². The van der Waals surface area contributed by atoms with Crippen LogP contribution in [0.15, 0.2) is 170 Å². The summed E-state index contributed by atoms with van der Waals surface area (Å²) in [6.45, 7) is 4.23. The van der Waals surface area contributed by atoms with Crippen molar-refractivity contribution in [1.29, 1.82) is 0 Å². The van der Waals surface area contributed by atoms with Gasteiger partial charge in [-0.15, -0.1) is 46.2 Å². The zero-order valence-electron chi connectivity index (χ0n) is 27.1. The SMILES string of the molecule is Cc1ccc([C](=[Ti+2])c2ccc(C)cc2)cc1.[C-]1=CC=CC1.[Cl-].[Cl-].c1ccc(-c2ccc3c(c2)[cH-]c2cc(-c4ccccc4)ccc23)cc1. The van der Waals surface area contributed by atoms with Crippen LogP contribution in [0.4, 0.5) is 0 Å². The van der Waals surface area contributed by atoms with Crippen LogP contribution in [0.2, 0.25) is 0 Å². The zero-order chi connectivity index (χ0) is 31.7. The summed E-state index contributed by atoms with van der Waals surface area (Å²) in [4.78, 5) is 0. The Balaban J connectivity index is 0.000000195. The first-order valence-electron chi connectivity index (χ1n) is 15.7. The van der Waals surface area contributed by atoms with Gasteiger partial charge in [-0.3, -0.25) is 6.08 Å². The van der Waals surface area contributed by atoms with E-state index in [1.165, 1.54) is 69.9 Å². The van der Waals surface area contributed by atoms with Crippen LogP contribution in [-0.2, 0) is 20.0 Å². The molecule has 7 aromatic rings. The summed E-state index contributed by atoms with van der Waals surface area (Å²) in [6, 6.07) is 54.4. The van der Waals surface area contributed by atoms with Gasteiger partial charge in [0.05, 0.1) is 0 Å². The molecule has 0 unspecified atom stereocenters. The second kappa shape index (κ2) is 17.8. The summed E-state index contributed by atoms with van der Waals surface area (Å²) in [5.41, 5.74) is 10.3. The third-order valence-electron chi connectivity index (χ3n) is 8.18. The van der Waals surface area contributed by atoms with Gasteiger partial charge in [0, 0.05) is 0 Å². The molecule has 48 heavy (non-hydrogen) atoms. The van der Waals surface area contributed by atoms with Crippen molar-refractivity contribution in [3.8, 4) is 22.3 Å². The molecule has 0 heterocycles. The molecule has 0 saturated heterocycles. The maximum absolute atomic E-state index is 2.99. The van der Waals surface area contributed by atoms with Crippen molar-refractivity contribution >= 4 is 25.4 Å². The minimum absolute atomic E-state index is 0. The van der Waals surface area contributed by atoms with Gasteiger partial charge in [0.1, 0.15) is 0 Å². The monoisotopic (exact) mass is 694 g/mol. The Morgan fingerprint density at radius 2 is 0.979 bits per heavy atom. The van der Waals surface area contributed by atoms with Crippen molar-refractivity contribution in [1.82, 2.24) is 0 Å². The number of hydrogen-bond donors (Lipinski definition) is 0. The van der Waals surface area contributed by atoms with E-state index in [9.17, 15) is 0 Å². The molecule has 0 N–H and O–H groups in total. The largest absolute Gasteiger partial charge is 1.00 e. The Hall–Kier alpha value is -4.17. The molecule has 0 nitrogen and oxygen atoms in total. The van der Waals surface area contributed by atoms with E-state index in [1.807, 2.05) is 12.2 Å². The number of aryl methyl sites for hydroxylation is 2. The van der Waals surface area contributed by atoms with Crippen LogP contribution in [0.5, 0.6) is 0 Å². The van der Waals surface area contributed by atoms with E-state index < -0.39 is 0 Å². The number of halogens is 2. The topological polar surface area (TPSA) is 0 Å². The molecule has 1 aliphatic carbocycles. The first-order valence-corrected chi connectivity index (χ1v) is 16.5. The number of benzene rings is 6. The molecule has 0 aromatic heterocycles. The van der Waals surface area contributed by atoms with Gasteiger partial charge in [-0.1, -0.05) is 96.1 Å². The number of fused-ring (bicyclic) bond motifs is 3. The summed E-state index contributed by atoms with van der Waals surface area (Å²) in [7, 11) is 0. The van der Waals surface area contributed by atoms with E-state index in [4.69, 9.17) is 0 Å². The van der Waals surface area contributed by atoms with E-state index in [1.54, 1.807) is 0 Å². The van der Waals surface area contributed by atoms with Gasteiger partial charge in [0.25, 0.3) is 0 Å². The third-order valence-corrected chi connectivity index (χ3v) is 9.09. The predicted molar refractivity (Wildman–Crippen MR) is 195 cm³/mol. The molecule has 0 spiro atoms. The molecular weight excluding hydrogens is 659 g/mol. The van der Waals surface area contributed by atoms with Crippen LogP contribution < -0.4 is 24.8 Å². The second-order valence-electron chi connectivity index (χ2n) is 11.6. The molecule has 0 amide bonds. The Morgan fingerprint density at radius 1 is 0.542 bits per heavy atom. The molecule has 0 bridgehead atoms. The maximum atomic E-state index is 2.99. The van der Waals surface area contributed by atoms with Crippen LogP contribution in [0.1, 0.15) is 28.7 Å². The summed E-state index contributed by atoms with van der Waals surface area (Å²) in [5.74, 6) is 0. The summed E-state index contributed by atoms with van der Waals surface area (Å²) in [6.07, 6.45) is 10.0. The molecule has 7 aromatic carbocycles. The van der Waals surface area contributed by atoms with E-state index in [0.717, 1.165) is 6.42 Å². The average Bonchev–Trinajstić information content (AvgIpc) is 3.81. The van der Waals surface area contributed by atoms with Crippen LogP contribution in [0, 0.1) is 19.9 Å². The molecule has 3 heteroatoms. The van der Waals surface area contributed by atoms with Crippen molar-refractivity contribution in [2.24, 2.45) is 0 Å². The fraction of sp³-hybridized carbons (Fsp3) is 0.0667. The Labute approximate surface area is 309 Å². The van der Waals surface area contributed by atoms with Gasteiger partial charge in [0.2, 0.25) is 0 Å². The Morgan fingerprint density at radius 3 is 1.33 bits per heavy atom. The minimum atomic E-state index is 0. The first kappa shape index (κ1) is 36.7. The smallest absolute Gasteiger partial charge is 0.0259 e. The van der Waals surface area contributed by atoms with Crippen molar-refractivity contribution in [2.45, 2.75) is 20.3 Å². The minimum Gasteiger partial charge on any atom is -1.00 e. The first-order chi connectivity index (χ1) is 22.5. The summed E-state index contributed by atoms with van der Waals surface area (Å²) in [5, 5.41) is 5.27. The molecule has 0 fully saturated rings. The Kier molecular flexibility index (Phi) is 13.6. The molecule has 0 saturated carbocycles. The molecule has 0 radical (unpaired) electrons. The van der Waals surface area contributed by atoms with E-state index in [2.05, 4.69) is 198 Å². The maximum Gasteiger partial charge on any atom is -0.0259 e. The Bertz CT molecular complexity index is 1970. The molecule has 1 aliphatic rings. The normalized spacial score (nSPS) is 11.1. The van der Waals surface area contributed by atoms with Gasteiger partial charge in [0.15, 0.2) is 0 Å². The van der Waals surface area contributed by atoms with E-state index in [-0.39, 0.29) is 24.8 Å². The van der Waals surface area contributed by atoms with Gasteiger partial charge in [-0.25, -0.2) is 12.2 Å². The number of hydrogen-bond acceptors (Lipinski definition) is 0. The molecular formula is C45H36Cl2Ti-2. The summed E-state index contributed by atoms with van der Waals surface area (Å²) < 4.78 is 1.33. The number of allylic oxidation sites excluding steroid dienone is 4. The molecule has 8 rings (SSSR count). The quantitative estimate of drug-likeness (QED) is 0.162. The van der Waals surface area contributed by atoms with Crippen molar-refractivity contribution in [2.75, 3.05) is 0 Å². The summed E-state index contributed by atoms with van der Waals surface area (Å²) >= 11 is 2.18. The van der Waals surface area contributed by atoms with Gasteiger partial charge in [-0.05, 0) is 11.1 Å². The zero-order valence-corrected chi connectivity index (χ0v) is 30.2. The van der Waals surface area contributed by atoms with Crippen LogP contribution in [0.3, 0.4) is 0 Å². The van der Waals surface area contributed by atoms with Crippen molar-refractivity contribution < 1.29 is 44.8 Å². The van der Waals surface area contributed by atoms with Gasteiger partial charge < -0.3 is 24.8 Å². The fourth-order valence-corrected chi connectivity index (χ4v) is 6.11. The standard InChI is InChI=1S/C25H17.C15H14.C5H5.2ClH.Ti/c1-3-7-18(8-4-1)20-11-13-24-22(15-20)17-23-16-21(12-14-25(23)24)19-9-5-2-6-10-19;1-12-3-7-14(8-4-12)11-15-9-5-13(2)6-10-15;1-2-4-5-3-1;;;/h1-17H;3-10H,1-2H3;1-3H,4H2;2*1H;/q-1;;-1;;;+2/p-2. The van der Waals surface area contributed by atoms with Gasteiger partial charge >= 0.3 is 108 Å². The van der Waals surface area contributed by atoms with E-state index in [0.29, 0.717) is 0 Å². The predicted octanol–water partition coefficient (Wildman–Crippen LogP) is 5.78.